The van der Waals surface area contributed by atoms with Gasteiger partial charge in [-0.15, -0.1) is 0 Å². The predicted molar refractivity (Wildman–Crippen MR) is 145 cm³/mol. The van der Waals surface area contributed by atoms with E-state index in [-0.39, 0.29) is 17.1 Å². The van der Waals surface area contributed by atoms with Gasteiger partial charge in [0.05, 0.1) is 19.0 Å². The van der Waals surface area contributed by atoms with E-state index in [9.17, 15) is 27.7 Å². The van der Waals surface area contributed by atoms with Gasteiger partial charge < -0.3 is 39.3 Å². The third kappa shape index (κ3) is 8.54. The highest BCUT2D eigenvalue weighted by Gasteiger charge is 2.66. The van der Waals surface area contributed by atoms with E-state index in [4.69, 9.17) is 31.6 Å². The number of nitrogens with two attached hydrogens (primary N) is 1. The van der Waals surface area contributed by atoms with Crippen molar-refractivity contribution in [2.75, 3.05) is 32.0 Å². The summed E-state index contributed by atoms with van der Waals surface area (Å²) in [5, 5.41) is -5.42. The smallest absolute Gasteiger partial charge is 0.368 e. The van der Waals surface area contributed by atoms with Crippen LogP contribution < -0.4 is 5.73 Å². The normalized spacial score (nSPS) is 21.0. The number of nitrogens with zero attached hydrogens (tertiary/aromatic N) is 5. The molecule has 0 saturated heterocycles. The SMILES string of the molecule is CCN(CC)CC.Nc1nc(Cl)c2ncn([C@H]3C=C[C@@H](COP(O)(=S)OP(=O)(O)C(F)(F)P(=O)(O)O)C3)c2n1. The van der Waals surface area contributed by atoms with Crippen LogP contribution in [0.25, 0.3) is 11.2 Å². The number of halogens is 3. The van der Waals surface area contributed by atoms with E-state index in [1.54, 1.807) is 16.7 Å². The Kier molecular flexibility index (Phi) is 11.7. The topological polar surface area (TPSA) is 206 Å². The maximum atomic E-state index is 13.5. The van der Waals surface area contributed by atoms with Crippen molar-refractivity contribution < 1.29 is 46.3 Å². The molecule has 14 nitrogen and oxygen atoms in total. The summed E-state index contributed by atoms with van der Waals surface area (Å²) in [5.74, 6) is -0.518. The molecule has 0 fully saturated rings. The maximum absolute atomic E-state index is 13.5. The van der Waals surface area contributed by atoms with E-state index in [0.29, 0.717) is 17.6 Å². The van der Waals surface area contributed by atoms with Crippen molar-refractivity contribution in [3.63, 3.8) is 0 Å². The third-order valence-electron chi connectivity index (χ3n) is 5.60. The lowest BCUT2D eigenvalue weighted by atomic mass is 10.1. The Bertz CT molecular complexity index is 1320. The molecule has 2 aromatic rings. The first-order chi connectivity index (χ1) is 17.9. The predicted octanol–water partition coefficient (Wildman–Crippen LogP) is 3.69. The van der Waals surface area contributed by atoms with Gasteiger partial charge in [-0.25, -0.2) is 9.29 Å². The summed E-state index contributed by atoms with van der Waals surface area (Å²) >= 11 is 10.4. The number of fused-ring (bicyclic) bond motifs is 1. The summed E-state index contributed by atoms with van der Waals surface area (Å²) in [4.78, 5) is 50.7. The number of imidazole rings is 1. The summed E-state index contributed by atoms with van der Waals surface area (Å²) in [6.45, 7) is 4.94. The third-order valence-corrected chi connectivity index (χ3v) is 11.9. The number of alkyl halides is 2. The molecule has 2 unspecified atom stereocenters. The number of aromatic nitrogens is 4. The van der Waals surface area contributed by atoms with E-state index in [1.807, 2.05) is 0 Å². The minimum absolute atomic E-state index is 0.0618. The van der Waals surface area contributed by atoms with Gasteiger partial charge in [-0.1, -0.05) is 44.5 Å². The summed E-state index contributed by atoms with van der Waals surface area (Å²) in [6.07, 6.45) is 5.15. The molecule has 0 saturated carbocycles. The van der Waals surface area contributed by atoms with Crippen molar-refractivity contribution >= 4 is 62.4 Å². The zero-order valence-corrected chi connectivity index (χ0v) is 25.3. The molecule has 39 heavy (non-hydrogen) atoms. The standard InChI is InChI=1S/C12H15ClF2N5O8P3S.C6H15N/c13-9-8-10(19-11(16)18-9)20(5-17-8)7-2-1-6(3-7)4-27-31(26,32)28-30(24,25)12(14,15)29(21,22)23;1-4-7(5-2)6-3/h1-2,5-7H,3-4H2,(H,24,25)(H,26,32)(H2,16,18,19)(H2,21,22,23);4-6H2,1-3H3/t6-,7+,31?;/m1./s1. The fourth-order valence-electron chi connectivity index (χ4n) is 3.46. The van der Waals surface area contributed by atoms with Crippen LogP contribution >= 0.6 is 33.5 Å². The molecule has 1 aliphatic rings. The van der Waals surface area contributed by atoms with Crippen LogP contribution in [0.2, 0.25) is 5.15 Å². The molecule has 0 aromatic carbocycles. The van der Waals surface area contributed by atoms with Crippen LogP contribution in [0.4, 0.5) is 14.7 Å². The summed E-state index contributed by atoms with van der Waals surface area (Å²) in [5.41, 5.74) is 6.28. The first-order valence-electron chi connectivity index (χ1n) is 11.4. The second kappa shape index (κ2) is 13.4. The lowest BCUT2D eigenvalue weighted by Crippen LogP contribution is -2.21. The summed E-state index contributed by atoms with van der Waals surface area (Å²) in [6, 6.07) is -0.320. The van der Waals surface area contributed by atoms with Crippen LogP contribution in [0.1, 0.15) is 33.2 Å². The Morgan fingerprint density at radius 3 is 2.28 bits per heavy atom. The largest absolute Gasteiger partial charge is 0.444 e. The number of rotatable bonds is 11. The van der Waals surface area contributed by atoms with Gasteiger partial charge in [-0.3, -0.25) is 9.13 Å². The first-order valence-corrected chi connectivity index (χ1v) is 17.6. The molecule has 4 atom stereocenters. The van der Waals surface area contributed by atoms with E-state index in [2.05, 4.69) is 56.7 Å². The molecular weight excluding hydrogens is 627 g/mol. The molecule has 222 valence electrons. The fraction of sp³-hybridized carbons (Fsp3) is 0.611. The zero-order chi connectivity index (χ0) is 29.8. The molecule has 2 heterocycles. The molecule has 1 aliphatic carbocycles. The van der Waals surface area contributed by atoms with Gasteiger partial charge in [0.2, 0.25) is 5.95 Å². The molecular formula is C18H30ClF2N6O8P3S. The Morgan fingerprint density at radius 1 is 1.18 bits per heavy atom. The Hall–Kier alpha value is -0.930. The monoisotopic (exact) mass is 656 g/mol. The summed E-state index contributed by atoms with van der Waals surface area (Å²) in [7, 11) is -12.8. The van der Waals surface area contributed by atoms with Crippen molar-refractivity contribution in [1.82, 2.24) is 24.4 Å². The second-order valence-corrected chi connectivity index (χ2v) is 15.4. The molecule has 0 amide bonds. The van der Waals surface area contributed by atoms with Crippen molar-refractivity contribution in [2.45, 2.75) is 38.6 Å². The average molecular weight is 657 g/mol. The van der Waals surface area contributed by atoms with Gasteiger partial charge in [0.25, 0.3) is 0 Å². The van der Waals surface area contributed by atoms with Crippen LogP contribution in [0.5, 0.6) is 0 Å². The highest BCUT2D eigenvalue weighted by Crippen LogP contribution is 2.77. The Morgan fingerprint density at radius 2 is 1.77 bits per heavy atom. The molecule has 0 radical (unpaired) electrons. The quantitative estimate of drug-likeness (QED) is 0.133. The Labute approximate surface area is 233 Å². The molecule has 6 N–H and O–H groups in total. The van der Waals surface area contributed by atoms with Crippen molar-refractivity contribution in [1.29, 1.82) is 0 Å². The number of anilines is 1. The van der Waals surface area contributed by atoms with Gasteiger partial charge in [0, 0.05) is 5.92 Å². The summed E-state index contributed by atoms with van der Waals surface area (Å²) < 4.78 is 59.9. The molecule has 2 aromatic heterocycles. The van der Waals surface area contributed by atoms with Gasteiger partial charge in [0.1, 0.15) is 5.52 Å². The van der Waals surface area contributed by atoms with Crippen LogP contribution in [0.3, 0.4) is 0 Å². The molecule has 0 bridgehead atoms. The zero-order valence-electron chi connectivity index (χ0n) is 21.0. The molecule has 21 heteroatoms. The number of hydrogen-bond donors (Lipinski definition) is 5. The highest BCUT2D eigenvalue weighted by atomic mass is 35.5. The van der Waals surface area contributed by atoms with Gasteiger partial charge >= 0.3 is 27.3 Å². The van der Waals surface area contributed by atoms with Gasteiger partial charge in [0.15, 0.2) is 10.8 Å². The van der Waals surface area contributed by atoms with Crippen LogP contribution in [-0.2, 0) is 29.8 Å². The number of hydrogen-bond acceptors (Lipinski definition) is 10. The maximum Gasteiger partial charge on any atom is 0.444 e. The van der Waals surface area contributed by atoms with Crippen molar-refractivity contribution in [3.05, 3.63) is 23.6 Å². The fourth-order valence-corrected chi connectivity index (χ4v) is 8.40. The van der Waals surface area contributed by atoms with E-state index in [0.717, 1.165) is 0 Å². The first kappa shape index (κ1) is 34.3. The van der Waals surface area contributed by atoms with Gasteiger partial charge in [-0.05, 0) is 37.9 Å². The van der Waals surface area contributed by atoms with E-state index in [1.165, 1.54) is 26.0 Å². The van der Waals surface area contributed by atoms with Gasteiger partial charge in [-0.2, -0.15) is 18.7 Å². The van der Waals surface area contributed by atoms with Crippen LogP contribution in [-0.4, -0.2) is 75.6 Å². The van der Waals surface area contributed by atoms with Crippen LogP contribution in [0.15, 0.2) is 18.5 Å². The lowest BCUT2D eigenvalue weighted by Gasteiger charge is -2.26. The minimum Gasteiger partial charge on any atom is -0.368 e. The van der Waals surface area contributed by atoms with E-state index < -0.39 is 39.8 Å². The molecule has 0 spiro atoms. The second-order valence-electron chi connectivity index (χ2n) is 8.18. The average Bonchev–Trinajstić information content (AvgIpc) is 3.45. The minimum atomic E-state index is -6.39. The van der Waals surface area contributed by atoms with Crippen molar-refractivity contribution in [3.8, 4) is 0 Å². The lowest BCUT2D eigenvalue weighted by molar-refractivity contribution is 0.104. The van der Waals surface area contributed by atoms with E-state index >= 15 is 0 Å². The number of nitrogen functional groups attached to an aromatic ring is 1. The molecule has 0 aliphatic heterocycles. The highest BCUT2D eigenvalue weighted by molar-refractivity contribution is 8.08. The van der Waals surface area contributed by atoms with Crippen LogP contribution in [0, 0.1) is 5.92 Å². The Balaban J connectivity index is 0.000000673. The molecule has 3 rings (SSSR count). The number of allylic oxidation sites excluding steroid dienone is 1. The van der Waals surface area contributed by atoms with Crippen molar-refractivity contribution in [2.24, 2.45) is 5.92 Å².